The fraction of sp³-hybridized carbons (Fsp3) is 0.0189. The molecule has 0 fully saturated rings. The van der Waals surface area contributed by atoms with Crippen molar-refractivity contribution < 1.29 is 2.74 Å². The first-order chi connectivity index (χ1) is 27.6. The highest BCUT2D eigenvalue weighted by molar-refractivity contribution is 5.87. The van der Waals surface area contributed by atoms with Crippen molar-refractivity contribution in [3.63, 3.8) is 0 Å². The fourth-order valence-electron chi connectivity index (χ4n) is 7.01. The highest BCUT2D eigenvalue weighted by Crippen LogP contribution is 2.36. The summed E-state index contributed by atoms with van der Waals surface area (Å²) in [5.74, 6) is 0.105. The summed E-state index contributed by atoms with van der Waals surface area (Å²) in [6, 6.07) is 75.7. The van der Waals surface area contributed by atoms with Crippen LogP contribution >= 0.6 is 0 Å². The Balaban J connectivity index is 1.07. The van der Waals surface area contributed by atoms with Crippen molar-refractivity contribution in [3.8, 4) is 11.1 Å². The van der Waals surface area contributed by atoms with Crippen molar-refractivity contribution in [1.29, 1.82) is 0 Å². The van der Waals surface area contributed by atoms with Gasteiger partial charge in [-0.3, -0.25) is 0 Å². The van der Waals surface area contributed by atoms with E-state index < -0.39 is 0 Å². The minimum atomic E-state index is 0.105. The summed E-state index contributed by atoms with van der Waals surface area (Å²) >= 11 is 0. The fourth-order valence-corrected chi connectivity index (χ4v) is 7.01. The van der Waals surface area contributed by atoms with E-state index in [1.165, 1.54) is 16.7 Å². The molecular weight excluding hydrogens is 651 g/mol. The second-order valence-corrected chi connectivity index (χ2v) is 13.2. The quantitative estimate of drug-likeness (QED) is 0.0963. The minimum absolute atomic E-state index is 0.105. The van der Waals surface area contributed by atoms with Crippen LogP contribution in [0.5, 0.6) is 0 Å². The van der Waals surface area contributed by atoms with E-state index in [1.54, 1.807) is 0 Å². The number of nitrogens with zero attached hydrogens (tertiary/aromatic N) is 1. The van der Waals surface area contributed by atoms with E-state index in [4.69, 9.17) is 2.74 Å². The van der Waals surface area contributed by atoms with Gasteiger partial charge in [-0.25, -0.2) is 0 Å². The van der Waals surface area contributed by atoms with Gasteiger partial charge in [0.05, 0.1) is 2.74 Å². The molecule has 0 aliphatic carbocycles. The lowest BCUT2D eigenvalue weighted by Gasteiger charge is -2.25. The highest BCUT2D eigenvalue weighted by atomic mass is 15.1. The first kappa shape index (κ1) is 31.7. The zero-order valence-electron chi connectivity index (χ0n) is 32.0. The molecule has 54 heavy (non-hydrogen) atoms. The van der Waals surface area contributed by atoms with Gasteiger partial charge in [0.1, 0.15) is 0 Å². The van der Waals surface area contributed by atoms with Gasteiger partial charge in [-0.05, 0) is 86.5 Å². The molecule has 0 saturated carbocycles. The van der Waals surface area contributed by atoms with Crippen molar-refractivity contribution in [3.05, 3.63) is 257 Å². The number of anilines is 3. The van der Waals surface area contributed by atoms with E-state index in [-0.39, 0.29) is 5.92 Å². The van der Waals surface area contributed by atoms with Crippen molar-refractivity contribution in [2.45, 2.75) is 5.92 Å². The van der Waals surface area contributed by atoms with Crippen LogP contribution in [0.1, 0.15) is 47.6 Å². The molecule has 0 radical (unpaired) electrons. The lowest BCUT2D eigenvalue weighted by atomic mass is 9.85. The van der Waals surface area contributed by atoms with Crippen LogP contribution in [0, 0.1) is 0 Å². The van der Waals surface area contributed by atoms with E-state index in [9.17, 15) is 0 Å². The lowest BCUT2D eigenvalue weighted by Crippen LogP contribution is -2.09. The topological polar surface area (TPSA) is 3.24 Å². The van der Waals surface area contributed by atoms with Crippen LogP contribution in [-0.2, 0) is 0 Å². The standard InChI is InChI=1S/C53H41N/c1-5-19-45(20-6-1)53(46-21-7-2-8-22-46)47-37-31-41(32-38-47)29-35-43-17-13-15-27-51(43)52-28-16-14-18-44(52)36-30-42-33-39-50(40-34-42)54(48-23-9-3-10-24-48)49-25-11-4-12-26-49/h1-40,53H/b35-29-,36-30-/i29D,30D. The molecule has 0 atom stereocenters. The number of benzene rings is 8. The summed E-state index contributed by atoms with van der Waals surface area (Å²) in [7, 11) is 0. The van der Waals surface area contributed by atoms with Crippen LogP contribution in [0.2, 0.25) is 0 Å². The first-order valence-corrected chi connectivity index (χ1v) is 18.4. The van der Waals surface area contributed by atoms with Gasteiger partial charge in [0.2, 0.25) is 0 Å². The highest BCUT2D eigenvalue weighted by Gasteiger charge is 2.16. The Labute approximate surface area is 322 Å². The Morgan fingerprint density at radius 2 is 0.667 bits per heavy atom. The number of para-hydroxylation sites is 2. The van der Waals surface area contributed by atoms with Crippen LogP contribution < -0.4 is 4.90 Å². The summed E-state index contributed by atoms with van der Waals surface area (Å²) < 4.78 is 18.3. The number of rotatable bonds is 11. The van der Waals surface area contributed by atoms with Crippen LogP contribution in [-0.4, -0.2) is 0 Å². The molecule has 8 aromatic carbocycles. The second kappa shape index (κ2) is 16.6. The number of hydrogen-bond acceptors (Lipinski definition) is 1. The average molecular weight is 694 g/mol. The Bertz CT molecular complexity index is 2300. The largest absolute Gasteiger partial charge is 0.311 e. The lowest BCUT2D eigenvalue weighted by molar-refractivity contribution is 0.977. The van der Waals surface area contributed by atoms with Crippen LogP contribution in [0.15, 0.2) is 218 Å². The summed E-state index contributed by atoms with van der Waals surface area (Å²) in [6.45, 7) is 0. The van der Waals surface area contributed by atoms with E-state index in [2.05, 4.69) is 150 Å². The van der Waals surface area contributed by atoms with Gasteiger partial charge < -0.3 is 4.90 Å². The van der Waals surface area contributed by atoms with Crippen LogP contribution in [0.4, 0.5) is 17.1 Å². The molecule has 0 unspecified atom stereocenters. The maximum absolute atomic E-state index is 9.17. The zero-order valence-corrected chi connectivity index (χ0v) is 30.0. The van der Waals surface area contributed by atoms with Gasteiger partial charge in [-0.15, -0.1) is 0 Å². The Kier molecular flexibility index (Phi) is 9.75. The molecule has 1 nitrogen and oxygen atoms in total. The minimum Gasteiger partial charge on any atom is -0.311 e. The summed E-state index contributed by atoms with van der Waals surface area (Å²) in [4.78, 5) is 2.22. The molecule has 0 aliphatic rings. The molecule has 0 saturated heterocycles. The van der Waals surface area contributed by atoms with Gasteiger partial charge >= 0.3 is 0 Å². The Morgan fingerprint density at radius 1 is 0.333 bits per heavy atom. The van der Waals surface area contributed by atoms with Crippen molar-refractivity contribution in [2.24, 2.45) is 0 Å². The van der Waals surface area contributed by atoms with E-state index in [0.717, 1.165) is 50.4 Å². The zero-order chi connectivity index (χ0) is 38.1. The molecule has 258 valence electrons. The van der Waals surface area contributed by atoms with E-state index in [1.807, 2.05) is 84.9 Å². The monoisotopic (exact) mass is 693 g/mol. The maximum atomic E-state index is 9.17. The SMILES string of the molecule is [2H]/C(=C/c1ccccc1-c1ccccc1/C=C(/[2H])c1ccc(N(c2ccccc2)c2ccccc2)cc1)c1ccc(C(c2ccccc2)c2ccccc2)cc1. The van der Waals surface area contributed by atoms with Crippen LogP contribution in [0.25, 0.3) is 35.4 Å². The maximum Gasteiger partial charge on any atom is 0.0629 e. The predicted octanol–water partition coefficient (Wildman–Crippen LogP) is 14.3. The third kappa shape index (κ3) is 7.92. The molecule has 1 heteroatoms. The second-order valence-electron chi connectivity index (χ2n) is 13.2. The molecule has 0 spiro atoms. The smallest absolute Gasteiger partial charge is 0.0629 e. The molecule has 0 bridgehead atoms. The van der Waals surface area contributed by atoms with Crippen molar-refractivity contribution >= 4 is 41.3 Å². The predicted molar refractivity (Wildman–Crippen MR) is 231 cm³/mol. The normalized spacial score (nSPS) is 12.2. The van der Waals surface area contributed by atoms with E-state index >= 15 is 0 Å². The Hall–Kier alpha value is -6.96. The summed E-state index contributed by atoms with van der Waals surface area (Å²) in [6.07, 6.45) is 3.88. The molecule has 0 aromatic heterocycles. The van der Waals surface area contributed by atoms with Gasteiger partial charge in [-0.1, -0.05) is 206 Å². The third-order valence-electron chi connectivity index (χ3n) is 9.66. The van der Waals surface area contributed by atoms with E-state index in [0.29, 0.717) is 12.1 Å². The summed E-state index contributed by atoms with van der Waals surface area (Å²) in [5, 5.41) is 0. The van der Waals surface area contributed by atoms with Gasteiger partial charge in [-0.2, -0.15) is 0 Å². The first-order valence-electron chi connectivity index (χ1n) is 19.4. The molecule has 0 aliphatic heterocycles. The molecule has 0 amide bonds. The van der Waals surface area contributed by atoms with Gasteiger partial charge in [0.15, 0.2) is 0 Å². The Morgan fingerprint density at radius 3 is 1.11 bits per heavy atom. The molecular formula is C53H41N. The molecule has 0 N–H and O–H groups in total. The average Bonchev–Trinajstić information content (AvgIpc) is 3.26. The van der Waals surface area contributed by atoms with Crippen molar-refractivity contribution in [1.82, 2.24) is 0 Å². The number of hydrogen-bond donors (Lipinski definition) is 0. The summed E-state index contributed by atoms with van der Waals surface area (Å²) in [5.41, 5.74) is 12.4. The molecule has 8 aromatic rings. The van der Waals surface area contributed by atoms with Crippen molar-refractivity contribution in [2.75, 3.05) is 4.90 Å². The van der Waals surface area contributed by atoms with Gasteiger partial charge in [0, 0.05) is 23.0 Å². The molecule has 8 rings (SSSR count). The third-order valence-corrected chi connectivity index (χ3v) is 9.66. The van der Waals surface area contributed by atoms with Gasteiger partial charge in [0.25, 0.3) is 0 Å². The van der Waals surface area contributed by atoms with Crippen LogP contribution in [0.3, 0.4) is 0 Å². The molecule has 0 heterocycles.